The van der Waals surface area contributed by atoms with Gasteiger partial charge >= 0.3 is 5.97 Å². The molecule has 0 bridgehead atoms. The lowest BCUT2D eigenvalue weighted by molar-refractivity contribution is -0.127. The third-order valence-corrected chi connectivity index (χ3v) is 6.73. The second-order valence-electron chi connectivity index (χ2n) is 6.45. The fourth-order valence-corrected chi connectivity index (χ4v) is 5.18. The van der Waals surface area contributed by atoms with E-state index in [-0.39, 0.29) is 17.9 Å². The van der Waals surface area contributed by atoms with Crippen LogP contribution in [0.15, 0.2) is 59.3 Å². The van der Waals surface area contributed by atoms with Crippen molar-refractivity contribution in [1.82, 2.24) is 4.90 Å². The van der Waals surface area contributed by atoms with Crippen LogP contribution < -0.4 is 0 Å². The van der Waals surface area contributed by atoms with Crippen LogP contribution in [0.4, 0.5) is 0 Å². The molecule has 0 N–H and O–H groups in total. The van der Waals surface area contributed by atoms with E-state index >= 15 is 0 Å². The second-order valence-corrected chi connectivity index (χ2v) is 8.43. The van der Waals surface area contributed by atoms with Crippen molar-refractivity contribution in [2.75, 3.05) is 13.7 Å². The van der Waals surface area contributed by atoms with Gasteiger partial charge in [-0.3, -0.25) is 4.79 Å². The van der Waals surface area contributed by atoms with Gasteiger partial charge in [0.25, 0.3) is 0 Å². The number of hydrogen-bond acceptors (Lipinski definition) is 5. The summed E-state index contributed by atoms with van der Waals surface area (Å²) >= 11 is 3.45. The third-order valence-electron chi connectivity index (χ3n) is 4.81. The fourth-order valence-electron chi connectivity index (χ4n) is 3.42. The SMILES string of the molecule is COC(=O)c1ccc(/C=C/C(=O)N2CCc3sccc3C2c2cccs2)cc1. The first-order valence-electron chi connectivity index (χ1n) is 8.94. The molecule has 2 aromatic heterocycles. The zero-order valence-electron chi connectivity index (χ0n) is 15.3. The summed E-state index contributed by atoms with van der Waals surface area (Å²) in [6, 6.07) is 13.2. The van der Waals surface area contributed by atoms with Gasteiger partial charge in [0.05, 0.1) is 18.7 Å². The van der Waals surface area contributed by atoms with Crippen LogP contribution in [-0.2, 0) is 16.0 Å². The highest BCUT2D eigenvalue weighted by Gasteiger charge is 2.32. The van der Waals surface area contributed by atoms with Crippen molar-refractivity contribution >= 4 is 40.6 Å². The molecule has 3 aromatic rings. The summed E-state index contributed by atoms with van der Waals surface area (Å²) in [5.74, 6) is -0.377. The van der Waals surface area contributed by atoms with Gasteiger partial charge in [0.15, 0.2) is 0 Å². The van der Waals surface area contributed by atoms with Gasteiger partial charge in [-0.2, -0.15) is 0 Å². The summed E-state index contributed by atoms with van der Waals surface area (Å²) in [4.78, 5) is 29.0. The van der Waals surface area contributed by atoms with E-state index in [9.17, 15) is 9.59 Å². The van der Waals surface area contributed by atoms with Crippen LogP contribution in [0.25, 0.3) is 6.08 Å². The number of esters is 1. The molecule has 3 heterocycles. The van der Waals surface area contributed by atoms with Crippen LogP contribution in [-0.4, -0.2) is 30.4 Å². The van der Waals surface area contributed by atoms with Gasteiger partial charge in [0.1, 0.15) is 0 Å². The van der Waals surface area contributed by atoms with E-state index in [1.165, 1.54) is 22.4 Å². The highest BCUT2D eigenvalue weighted by atomic mass is 32.1. The minimum Gasteiger partial charge on any atom is -0.465 e. The predicted molar refractivity (Wildman–Crippen MR) is 113 cm³/mol. The molecule has 0 aliphatic carbocycles. The highest BCUT2D eigenvalue weighted by molar-refractivity contribution is 7.10. The summed E-state index contributed by atoms with van der Waals surface area (Å²) in [5, 5.41) is 4.16. The normalized spacial score (nSPS) is 16.2. The Labute approximate surface area is 171 Å². The van der Waals surface area contributed by atoms with Crippen molar-refractivity contribution in [3.8, 4) is 0 Å². The highest BCUT2D eigenvalue weighted by Crippen LogP contribution is 2.39. The van der Waals surface area contributed by atoms with Crippen molar-refractivity contribution < 1.29 is 14.3 Å². The van der Waals surface area contributed by atoms with Crippen LogP contribution in [0.2, 0.25) is 0 Å². The molecule has 0 fully saturated rings. The molecule has 1 unspecified atom stereocenters. The molecule has 1 amide bonds. The summed E-state index contributed by atoms with van der Waals surface area (Å²) in [7, 11) is 1.36. The van der Waals surface area contributed by atoms with Gasteiger partial charge in [0.2, 0.25) is 5.91 Å². The van der Waals surface area contributed by atoms with E-state index in [0.717, 1.165) is 12.0 Å². The average molecular weight is 410 g/mol. The molecule has 0 saturated carbocycles. The van der Waals surface area contributed by atoms with Crippen LogP contribution in [0.5, 0.6) is 0 Å². The molecule has 1 atom stereocenters. The number of carbonyl (C=O) groups excluding carboxylic acids is 2. The largest absolute Gasteiger partial charge is 0.465 e. The molecule has 142 valence electrons. The van der Waals surface area contributed by atoms with E-state index in [1.807, 2.05) is 11.0 Å². The standard InChI is InChI=1S/C22H19NO3S2/c1-26-22(25)16-7-4-15(5-8-16)6-9-20(24)23-12-10-18-17(11-14-28-18)21(23)19-3-2-13-27-19/h2-9,11,13-14,21H,10,12H2,1H3/b9-6+. The predicted octanol–water partition coefficient (Wildman–Crippen LogP) is 4.78. The lowest BCUT2D eigenvalue weighted by Gasteiger charge is -2.34. The lowest BCUT2D eigenvalue weighted by atomic mass is 9.98. The Morgan fingerprint density at radius 3 is 2.64 bits per heavy atom. The Hall–Kier alpha value is -2.70. The average Bonchev–Trinajstić information content (AvgIpc) is 3.42. The quantitative estimate of drug-likeness (QED) is 0.460. The smallest absolute Gasteiger partial charge is 0.337 e. The van der Waals surface area contributed by atoms with Gasteiger partial charge < -0.3 is 9.64 Å². The molecule has 0 saturated heterocycles. The van der Waals surface area contributed by atoms with Gasteiger partial charge in [-0.15, -0.1) is 22.7 Å². The monoisotopic (exact) mass is 409 g/mol. The third kappa shape index (κ3) is 3.66. The van der Waals surface area contributed by atoms with Gasteiger partial charge in [-0.05, 0) is 58.6 Å². The fraction of sp³-hybridized carbons (Fsp3) is 0.182. The second kappa shape index (κ2) is 8.12. The Kier molecular flexibility index (Phi) is 5.41. The molecule has 28 heavy (non-hydrogen) atoms. The molecule has 4 rings (SSSR count). The maximum Gasteiger partial charge on any atom is 0.337 e. The van der Waals surface area contributed by atoms with Crippen molar-refractivity contribution in [2.24, 2.45) is 0 Å². The van der Waals surface area contributed by atoms with Crippen molar-refractivity contribution in [1.29, 1.82) is 0 Å². The summed E-state index contributed by atoms with van der Waals surface area (Å²) < 4.78 is 4.71. The number of hydrogen-bond donors (Lipinski definition) is 0. The van der Waals surface area contributed by atoms with Crippen LogP contribution in [0.1, 0.15) is 37.3 Å². The molecule has 1 aromatic carbocycles. The first-order valence-corrected chi connectivity index (χ1v) is 10.7. The molecule has 1 aliphatic heterocycles. The number of methoxy groups -OCH3 is 1. The molecular weight excluding hydrogens is 390 g/mol. The Bertz CT molecular complexity index is 1000. The maximum absolute atomic E-state index is 13.0. The Balaban J connectivity index is 1.55. The van der Waals surface area contributed by atoms with Gasteiger partial charge in [-0.1, -0.05) is 18.2 Å². The number of amides is 1. The number of fused-ring (bicyclic) bond motifs is 1. The van der Waals surface area contributed by atoms with E-state index < -0.39 is 0 Å². The number of benzene rings is 1. The van der Waals surface area contributed by atoms with E-state index in [2.05, 4.69) is 22.9 Å². The first kappa shape index (κ1) is 18.7. The molecule has 0 radical (unpaired) electrons. The van der Waals surface area contributed by atoms with Gasteiger partial charge in [0, 0.05) is 22.4 Å². The van der Waals surface area contributed by atoms with Crippen LogP contribution >= 0.6 is 22.7 Å². The molecule has 1 aliphatic rings. The zero-order valence-corrected chi connectivity index (χ0v) is 17.0. The Morgan fingerprint density at radius 2 is 1.93 bits per heavy atom. The molecule has 6 heteroatoms. The number of rotatable bonds is 4. The van der Waals surface area contributed by atoms with Crippen LogP contribution in [0.3, 0.4) is 0 Å². The van der Waals surface area contributed by atoms with E-state index in [4.69, 9.17) is 4.74 Å². The summed E-state index contributed by atoms with van der Waals surface area (Å²) in [6.07, 6.45) is 4.30. The van der Waals surface area contributed by atoms with Crippen molar-refractivity contribution in [3.05, 3.63) is 85.7 Å². The maximum atomic E-state index is 13.0. The Morgan fingerprint density at radius 1 is 1.11 bits per heavy atom. The first-order chi connectivity index (χ1) is 13.7. The summed E-state index contributed by atoms with van der Waals surface area (Å²) in [5.41, 5.74) is 2.59. The molecular formula is C22H19NO3S2. The number of carbonyl (C=O) groups is 2. The van der Waals surface area contributed by atoms with Crippen LogP contribution in [0, 0.1) is 0 Å². The summed E-state index contributed by atoms with van der Waals surface area (Å²) in [6.45, 7) is 0.709. The lowest BCUT2D eigenvalue weighted by Crippen LogP contribution is -2.38. The minimum atomic E-state index is -0.370. The van der Waals surface area contributed by atoms with Gasteiger partial charge in [-0.25, -0.2) is 4.79 Å². The van der Waals surface area contributed by atoms with E-state index in [1.54, 1.807) is 59.1 Å². The molecule has 4 nitrogen and oxygen atoms in total. The van der Waals surface area contributed by atoms with E-state index in [0.29, 0.717) is 12.1 Å². The zero-order chi connectivity index (χ0) is 19.5. The minimum absolute atomic E-state index is 0.00713. The topological polar surface area (TPSA) is 46.6 Å². The number of thiophene rings is 2. The molecule has 0 spiro atoms. The van der Waals surface area contributed by atoms with Crippen molar-refractivity contribution in [2.45, 2.75) is 12.5 Å². The van der Waals surface area contributed by atoms with Crippen molar-refractivity contribution in [3.63, 3.8) is 0 Å². The number of ether oxygens (including phenoxy) is 1. The number of nitrogens with zero attached hydrogens (tertiary/aromatic N) is 1.